The van der Waals surface area contributed by atoms with Crippen LogP contribution in [0.15, 0.2) is 42.6 Å². The highest BCUT2D eigenvalue weighted by Crippen LogP contribution is 2.16. The molecule has 1 aromatic carbocycles. The van der Waals surface area contributed by atoms with E-state index in [-0.39, 0.29) is 0 Å². The van der Waals surface area contributed by atoms with Crippen LogP contribution in [0.2, 0.25) is 0 Å². The number of nitrogens with one attached hydrogen (secondary N) is 1. The molecule has 0 spiro atoms. The van der Waals surface area contributed by atoms with Crippen molar-refractivity contribution < 1.29 is 9.90 Å². The molecule has 3 rings (SSSR count). The molecular weight excluding hydrogens is 278 g/mol. The fourth-order valence-corrected chi connectivity index (χ4v) is 2.35. The minimum Gasteiger partial charge on any atom is -0.478 e. The second-order valence-electron chi connectivity index (χ2n) is 5.28. The molecule has 2 aromatic heterocycles. The minimum absolute atomic E-state index is 0.301. The van der Waals surface area contributed by atoms with E-state index < -0.39 is 5.97 Å². The van der Waals surface area contributed by atoms with Crippen molar-refractivity contribution in [2.75, 3.05) is 5.32 Å². The lowest BCUT2D eigenvalue weighted by Gasteiger charge is -2.08. The van der Waals surface area contributed by atoms with Gasteiger partial charge in [0.05, 0.1) is 16.9 Å². The van der Waals surface area contributed by atoms with Gasteiger partial charge in [0.25, 0.3) is 0 Å². The lowest BCUT2D eigenvalue weighted by atomic mass is 10.1. The molecule has 0 amide bonds. The summed E-state index contributed by atoms with van der Waals surface area (Å²) in [6.45, 7) is 4.68. The van der Waals surface area contributed by atoms with E-state index in [0.29, 0.717) is 12.1 Å². The number of carbonyl (C=O) groups is 1. The molecule has 2 N–H and O–H groups in total. The van der Waals surface area contributed by atoms with Crippen molar-refractivity contribution in [3.63, 3.8) is 0 Å². The van der Waals surface area contributed by atoms with E-state index in [2.05, 4.69) is 14.7 Å². The molecule has 3 aromatic rings. The van der Waals surface area contributed by atoms with Gasteiger partial charge < -0.3 is 14.8 Å². The summed E-state index contributed by atoms with van der Waals surface area (Å²) in [5.41, 5.74) is 5.42. The molecule has 0 unspecified atom stereocenters. The van der Waals surface area contributed by atoms with Gasteiger partial charge in [-0.05, 0) is 43.7 Å². The third kappa shape index (κ3) is 2.65. The van der Waals surface area contributed by atoms with Crippen LogP contribution in [0.3, 0.4) is 0 Å². The van der Waals surface area contributed by atoms with Gasteiger partial charge in [0.2, 0.25) is 0 Å². The third-order valence-electron chi connectivity index (χ3n) is 3.79. The Labute approximate surface area is 128 Å². The maximum atomic E-state index is 10.8. The van der Waals surface area contributed by atoms with Crippen molar-refractivity contribution in [2.24, 2.45) is 0 Å². The van der Waals surface area contributed by atoms with Crippen LogP contribution in [0, 0.1) is 13.8 Å². The fourth-order valence-electron chi connectivity index (χ4n) is 2.35. The van der Waals surface area contributed by atoms with Crippen molar-refractivity contribution >= 4 is 17.3 Å². The second kappa shape index (κ2) is 5.52. The normalized spacial score (nSPS) is 10.8. The number of fused-ring (bicyclic) bond motifs is 1. The van der Waals surface area contributed by atoms with Crippen LogP contribution >= 0.6 is 0 Å². The van der Waals surface area contributed by atoms with Gasteiger partial charge in [-0.3, -0.25) is 0 Å². The van der Waals surface area contributed by atoms with E-state index in [9.17, 15) is 4.79 Å². The number of anilines is 1. The van der Waals surface area contributed by atoms with Gasteiger partial charge in [-0.2, -0.15) is 0 Å². The zero-order valence-electron chi connectivity index (χ0n) is 12.5. The summed E-state index contributed by atoms with van der Waals surface area (Å²) in [6.07, 6.45) is 2.02. The largest absolute Gasteiger partial charge is 0.478 e. The minimum atomic E-state index is -0.907. The molecule has 22 heavy (non-hydrogen) atoms. The van der Waals surface area contributed by atoms with Crippen molar-refractivity contribution in [1.82, 2.24) is 9.38 Å². The first-order valence-electron chi connectivity index (χ1n) is 7.06. The molecule has 5 heteroatoms. The summed E-state index contributed by atoms with van der Waals surface area (Å²) in [5, 5.41) is 12.2. The highest BCUT2D eigenvalue weighted by Gasteiger charge is 2.05. The van der Waals surface area contributed by atoms with E-state index in [4.69, 9.17) is 5.11 Å². The number of rotatable bonds is 4. The van der Waals surface area contributed by atoms with Crippen LogP contribution in [0.4, 0.5) is 5.69 Å². The second-order valence-corrected chi connectivity index (χ2v) is 5.28. The molecule has 2 heterocycles. The highest BCUT2D eigenvalue weighted by molar-refractivity contribution is 5.87. The van der Waals surface area contributed by atoms with Gasteiger partial charge in [-0.15, -0.1) is 0 Å². The highest BCUT2D eigenvalue weighted by atomic mass is 16.4. The third-order valence-corrected chi connectivity index (χ3v) is 3.79. The molecule has 0 bridgehead atoms. The first-order valence-corrected chi connectivity index (χ1v) is 7.06. The van der Waals surface area contributed by atoms with Crippen LogP contribution in [-0.2, 0) is 6.54 Å². The number of carboxylic acid groups (broad SMARTS) is 1. The predicted molar refractivity (Wildman–Crippen MR) is 85.4 cm³/mol. The fraction of sp³-hybridized carbons (Fsp3) is 0.176. The summed E-state index contributed by atoms with van der Waals surface area (Å²) in [4.78, 5) is 15.3. The van der Waals surface area contributed by atoms with Crippen LogP contribution in [-0.4, -0.2) is 20.5 Å². The molecule has 0 fully saturated rings. The maximum absolute atomic E-state index is 10.8. The van der Waals surface area contributed by atoms with Gasteiger partial charge in [0.1, 0.15) is 5.65 Å². The molecule has 0 saturated heterocycles. The molecule has 0 aliphatic rings. The number of hydrogen-bond donors (Lipinski definition) is 2. The summed E-state index contributed by atoms with van der Waals surface area (Å²) in [5.74, 6) is -0.907. The molecule has 0 atom stereocenters. The molecule has 0 aliphatic heterocycles. The Balaban J connectivity index is 1.75. The van der Waals surface area contributed by atoms with Gasteiger partial charge in [-0.25, -0.2) is 9.78 Å². The van der Waals surface area contributed by atoms with E-state index in [1.807, 2.05) is 44.3 Å². The summed E-state index contributed by atoms with van der Waals surface area (Å²) >= 11 is 0. The number of aryl methyl sites for hydroxylation is 2. The monoisotopic (exact) mass is 295 g/mol. The summed E-state index contributed by atoms with van der Waals surface area (Å²) in [6, 6.07) is 10.9. The predicted octanol–water partition coefficient (Wildman–Crippen LogP) is 3.26. The van der Waals surface area contributed by atoms with Crippen LogP contribution < -0.4 is 5.32 Å². The van der Waals surface area contributed by atoms with Crippen LogP contribution in [0.5, 0.6) is 0 Å². The molecule has 0 aliphatic carbocycles. The smallest absolute Gasteiger partial charge is 0.335 e. The Kier molecular flexibility index (Phi) is 3.55. The Bertz CT molecular complexity index is 835. The number of pyridine rings is 1. The Morgan fingerprint density at radius 2 is 1.91 bits per heavy atom. The zero-order chi connectivity index (χ0) is 15.7. The molecule has 5 nitrogen and oxygen atoms in total. The topological polar surface area (TPSA) is 66.6 Å². The zero-order valence-corrected chi connectivity index (χ0v) is 12.5. The van der Waals surface area contributed by atoms with Crippen LogP contribution in [0.1, 0.15) is 27.3 Å². The molecule has 112 valence electrons. The number of carboxylic acids is 1. The number of aromatic nitrogens is 2. The number of nitrogens with zero attached hydrogens (tertiary/aromatic N) is 2. The Morgan fingerprint density at radius 1 is 1.18 bits per heavy atom. The first kappa shape index (κ1) is 14.1. The molecule has 0 radical (unpaired) electrons. The van der Waals surface area contributed by atoms with Crippen molar-refractivity contribution in [3.8, 4) is 0 Å². The number of benzene rings is 1. The van der Waals surface area contributed by atoms with Gasteiger partial charge in [-0.1, -0.05) is 12.1 Å². The average molecular weight is 295 g/mol. The van der Waals surface area contributed by atoms with E-state index in [0.717, 1.165) is 28.3 Å². The average Bonchev–Trinajstić information content (AvgIpc) is 2.80. The van der Waals surface area contributed by atoms with Crippen molar-refractivity contribution in [2.45, 2.75) is 20.4 Å². The number of hydrogen-bond acceptors (Lipinski definition) is 3. The molecular formula is C17H17N3O2. The quantitative estimate of drug-likeness (QED) is 0.775. The van der Waals surface area contributed by atoms with E-state index in [1.165, 1.54) is 0 Å². The first-order chi connectivity index (χ1) is 10.5. The maximum Gasteiger partial charge on any atom is 0.335 e. The SMILES string of the molecule is Cc1nc2ccc(NCc3ccc(C(=O)O)cc3)cn2c1C. The van der Waals surface area contributed by atoms with Gasteiger partial charge >= 0.3 is 5.97 Å². The number of aromatic carboxylic acids is 1. The Hall–Kier alpha value is -2.82. The Morgan fingerprint density at radius 3 is 2.59 bits per heavy atom. The van der Waals surface area contributed by atoms with E-state index >= 15 is 0 Å². The van der Waals surface area contributed by atoms with Crippen molar-refractivity contribution in [3.05, 3.63) is 65.1 Å². The standard InChI is InChI=1S/C17H17N3O2/c1-11-12(2)20-10-15(7-8-16(20)19-11)18-9-13-3-5-14(6-4-13)17(21)22/h3-8,10,18H,9H2,1-2H3,(H,21,22). The van der Waals surface area contributed by atoms with Gasteiger partial charge in [0.15, 0.2) is 0 Å². The lowest BCUT2D eigenvalue weighted by Crippen LogP contribution is -2.02. The lowest BCUT2D eigenvalue weighted by molar-refractivity contribution is 0.0697. The van der Waals surface area contributed by atoms with E-state index in [1.54, 1.807) is 12.1 Å². The number of imidazole rings is 1. The van der Waals surface area contributed by atoms with Crippen LogP contribution in [0.25, 0.3) is 5.65 Å². The molecule has 0 saturated carbocycles. The van der Waals surface area contributed by atoms with Crippen molar-refractivity contribution in [1.29, 1.82) is 0 Å². The summed E-state index contributed by atoms with van der Waals surface area (Å²) < 4.78 is 2.06. The summed E-state index contributed by atoms with van der Waals surface area (Å²) in [7, 11) is 0. The van der Waals surface area contributed by atoms with Gasteiger partial charge in [0, 0.05) is 18.4 Å².